The van der Waals surface area contributed by atoms with Crippen molar-refractivity contribution in [2.45, 2.75) is 13.0 Å². The van der Waals surface area contributed by atoms with Crippen LogP contribution in [0.3, 0.4) is 0 Å². The molecule has 1 atom stereocenters. The minimum absolute atomic E-state index is 0.186. The molecule has 5 heteroatoms. The summed E-state index contributed by atoms with van der Waals surface area (Å²) in [7, 11) is 1.83. The summed E-state index contributed by atoms with van der Waals surface area (Å²) in [6.07, 6.45) is 1.21. The number of nitrogens with one attached hydrogen (secondary N) is 1. The Morgan fingerprint density at radius 2 is 2.35 bits per heavy atom. The lowest BCUT2D eigenvalue weighted by Gasteiger charge is -2.07. The van der Waals surface area contributed by atoms with Crippen molar-refractivity contribution in [3.63, 3.8) is 0 Å². The fraction of sp³-hybridized carbons (Fsp3) is 0.333. The molecular weight excluding hydrogens is 218 g/mol. The van der Waals surface area contributed by atoms with Crippen molar-refractivity contribution in [2.24, 2.45) is 7.05 Å². The molecule has 17 heavy (non-hydrogen) atoms. The van der Waals surface area contributed by atoms with Crippen LogP contribution in [0.5, 0.6) is 0 Å². The second-order valence-corrected chi connectivity index (χ2v) is 4.10. The number of hydrogen-bond acceptors (Lipinski definition) is 3. The first-order valence-electron chi connectivity index (χ1n) is 5.46. The Bertz CT molecular complexity index is 546. The predicted octanol–water partition coefficient (Wildman–Crippen LogP) is 0.684. The molecule has 1 heterocycles. The van der Waals surface area contributed by atoms with Crippen LogP contribution in [0.2, 0.25) is 0 Å². The summed E-state index contributed by atoms with van der Waals surface area (Å²) in [5.74, 6) is -0.186. The third-order valence-electron chi connectivity index (χ3n) is 2.57. The van der Waals surface area contributed by atoms with E-state index in [4.69, 9.17) is 5.11 Å². The topological polar surface area (TPSA) is 67.2 Å². The lowest BCUT2D eigenvalue weighted by molar-refractivity contribution is 0.0924. The van der Waals surface area contributed by atoms with Gasteiger partial charge in [0.05, 0.1) is 17.8 Å². The minimum Gasteiger partial charge on any atom is -0.392 e. The van der Waals surface area contributed by atoms with Crippen LogP contribution in [0, 0.1) is 0 Å². The molecule has 1 aromatic heterocycles. The Morgan fingerprint density at radius 3 is 3.06 bits per heavy atom. The van der Waals surface area contributed by atoms with Crippen LogP contribution in [-0.2, 0) is 7.05 Å². The highest BCUT2D eigenvalue weighted by molar-refractivity contribution is 5.97. The van der Waals surface area contributed by atoms with E-state index in [9.17, 15) is 4.79 Å². The Kier molecular flexibility index (Phi) is 3.10. The van der Waals surface area contributed by atoms with Gasteiger partial charge in [-0.05, 0) is 19.1 Å². The van der Waals surface area contributed by atoms with Crippen LogP contribution in [0.15, 0.2) is 24.4 Å². The van der Waals surface area contributed by atoms with Gasteiger partial charge in [-0.15, -0.1) is 0 Å². The van der Waals surface area contributed by atoms with E-state index in [1.54, 1.807) is 29.9 Å². The molecular formula is C12H15N3O2. The van der Waals surface area contributed by atoms with Crippen LogP contribution in [0.1, 0.15) is 17.3 Å². The van der Waals surface area contributed by atoms with E-state index in [0.29, 0.717) is 5.56 Å². The standard InChI is InChI=1S/C12H15N3O2/c1-8(16)6-13-12(17)9-3-4-10-7-14-15(2)11(10)5-9/h3-5,7-8,16H,6H2,1-2H3,(H,13,17). The first-order chi connectivity index (χ1) is 8.08. The molecule has 0 aliphatic rings. The van der Waals surface area contributed by atoms with E-state index in [-0.39, 0.29) is 12.5 Å². The van der Waals surface area contributed by atoms with Crippen LogP contribution < -0.4 is 5.32 Å². The fourth-order valence-corrected chi connectivity index (χ4v) is 1.63. The summed E-state index contributed by atoms with van der Waals surface area (Å²) in [5.41, 5.74) is 1.48. The summed E-state index contributed by atoms with van der Waals surface area (Å²) < 4.78 is 1.72. The highest BCUT2D eigenvalue weighted by Crippen LogP contribution is 2.14. The SMILES string of the molecule is CC(O)CNC(=O)c1ccc2cnn(C)c2c1. The second-order valence-electron chi connectivity index (χ2n) is 4.10. The van der Waals surface area contributed by atoms with Crippen molar-refractivity contribution in [1.82, 2.24) is 15.1 Å². The van der Waals surface area contributed by atoms with Crippen LogP contribution in [0.25, 0.3) is 10.9 Å². The van der Waals surface area contributed by atoms with E-state index in [0.717, 1.165) is 10.9 Å². The molecule has 2 rings (SSSR count). The van der Waals surface area contributed by atoms with Crippen LogP contribution >= 0.6 is 0 Å². The van der Waals surface area contributed by atoms with Crippen molar-refractivity contribution < 1.29 is 9.90 Å². The number of aliphatic hydroxyl groups excluding tert-OH is 1. The lowest BCUT2D eigenvalue weighted by Crippen LogP contribution is -2.30. The molecule has 0 fully saturated rings. The molecule has 1 amide bonds. The van der Waals surface area contributed by atoms with E-state index >= 15 is 0 Å². The third kappa shape index (κ3) is 2.45. The summed E-state index contributed by atoms with van der Waals surface area (Å²) in [6, 6.07) is 5.40. The quantitative estimate of drug-likeness (QED) is 0.819. The van der Waals surface area contributed by atoms with E-state index in [1.807, 2.05) is 13.1 Å². The van der Waals surface area contributed by atoms with Gasteiger partial charge in [-0.3, -0.25) is 9.48 Å². The van der Waals surface area contributed by atoms with Gasteiger partial charge in [0, 0.05) is 24.5 Å². The predicted molar refractivity (Wildman–Crippen MR) is 64.7 cm³/mol. The van der Waals surface area contributed by atoms with Gasteiger partial charge in [0.2, 0.25) is 0 Å². The van der Waals surface area contributed by atoms with Crippen molar-refractivity contribution in [3.8, 4) is 0 Å². The average Bonchev–Trinajstić information content (AvgIpc) is 2.67. The molecule has 0 bridgehead atoms. The van der Waals surface area contributed by atoms with Gasteiger partial charge in [0.15, 0.2) is 0 Å². The number of nitrogens with zero attached hydrogens (tertiary/aromatic N) is 2. The van der Waals surface area contributed by atoms with Crippen molar-refractivity contribution in [1.29, 1.82) is 0 Å². The third-order valence-corrected chi connectivity index (χ3v) is 2.57. The summed E-state index contributed by atoms with van der Waals surface area (Å²) in [4.78, 5) is 11.8. The summed E-state index contributed by atoms with van der Waals surface area (Å²) in [6.45, 7) is 1.88. The van der Waals surface area contributed by atoms with Crippen molar-refractivity contribution in [3.05, 3.63) is 30.0 Å². The van der Waals surface area contributed by atoms with Crippen LogP contribution in [0.4, 0.5) is 0 Å². The maximum atomic E-state index is 11.8. The number of fused-ring (bicyclic) bond motifs is 1. The molecule has 1 aromatic carbocycles. The Balaban J connectivity index is 2.23. The van der Waals surface area contributed by atoms with E-state index in [1.165, 1.54) is 0 Å². The van der Waals surface area contributed by atoms with Gasteiger partial charge >= 0.3 is 0 Å². The largest absolute Gasteiger partial charge is 0.392 e. The molecule has 1 unspecified atom stereocenters. The van der Waals surface area contributed by atoms with Gasteiger partial charge in [-0.1, -0.05) is 6.07 Å². The maximum Gasteiger partial charge on any atom is 0.251 e. The fourth-order valence-electron chi connectivity index (χ4n) is 1.63. The Morgan fingerprint density at radius 1 is 1.59 bits per heavy atom. The normalized spacial score (nSPS) is 12.6. The smallest absolute Gasteiger partial charge is 0.251 e. The van der Waals surface area contributed by atoms with E-state index in [2.05, 4.69) is 10.4 Å². The molecule has 0 radical (unpaired) electrons. The van der Waals surface area contributed by atoms with Gasteiger partial charge < -0.3 is 10.4 Å². The lowest BCUT2D eigenvalue weighted by atomic mass is 10.1. The average molecular weight is 233 g/mol. The van der Waals surface area contributed by atoms with Crippen molar-refractivity contribution >= 4 is 16.8 Å². The number of benzene rings is 1. The minimum atomic E-state index is -0.542. The Labute approximate surface area is 99.1 Å². The molecule has 0 saturated heterocycles. The van der Waals surface area contributed by atoms with Gasteiger partial charge in [-0.2, -0.15) is 5.10 Å². The number of aryl methyl sites for hydroxylation is 1. The molecule has 0 spiro atoms. The first kappa shape index (κ1) is 11.6. The highest BCUT2D eigenvalue weighted by Gasteiger charge is 2.08. The molecule has 2 N–H and O–H groups in total. The zero-order valence-electron chi connectivity index (χ0n) is 9.84. The molecule has 2 aromatic rings. The molecule has 0 aliphatic heterocycles. The number of amides is 1. The summed E-state index contributed by atoms with van der Waals surface area (Å²) in [5, 5.41) is 16.9. The zero-order chi connectivity index (χ0) is 12.4. The van der Waals surface area contributed by atoms with Crippen molar-refractivity contribution in [2.75, 3.05) is 6.54 Å². The number of hydrogen-bond donors (Lipinski definition) is 2. The van der Waals surface area contributed by atoms with Gasteiger partial charge in [0.25, 0.3) is 5.91 Å². The Hall–Kier alpha value is -1.88. The first-order valence-corrected chi connectivity index (χ1v) is 5.46. The van der Waals surface area contributed by atoms with Gasteiger partial charge in [0.1, 0.15) is 0 Å². The highest BCUT2D eigenvalue weighted by atomic mass is 16.3. The van der Waals surface area contributed by atoms with Crippen LogP contribution in [-0.4, -0.2) is 33.4 Å². The number of carbonyl (C=O) groups excluding carboxylic acids is 1. The summed E-state index contributed by atoms with van der Waals surface area (Å²) >= 11 is 0. The molecule has 0 saturated carbocycles. The monoisotopic (exact) mass is 233 g/mol. The molecule has 90 valence electrons. The number of carbonyl (C=O) groups is 1. The zero-order valence-corrected chi connectivity index (χ0v) is 9.84. The number of aliphatic hydroxyl groups is 1. The molecule has 0 aliphatic carbocycles. The van der Waals surface area contributed by atoms with E-state index < -0.39 is 6.10 Å². The number of rotatable bonds is 3. The van der Waals surface area contributed by atoms with Gasteiger partial charge in [-0.25, -0.2) is 0 Å². The number of aromatic nitrogens is 2. The molecule has 5 nitrogen and oxygen atoms in total. The maximum absolute atomic E-state index is 11.8. The second kappa shape index (κ2) is 4.55.